The summed E-state index contributed by atoms with van der Waals surface area (Å²) in [7, 11) is 0. The predicted molar refractivity (Wildman–Crippen MR) is 92.8 cm³/mol. The van der Waals surface area contributed by atoms with Crippen molar-refractivity contribution in [1.29, 1.82) is 0 Å². The van der Waals surface area contributed by atoms with Crippen LogP contribution in [0.15, 0.2) is 48.5 Å². The molecular formula is C21H20FNO. The van der Waals surface area contributed by atoms with E-state index >= 15 is 0 Å². The maximum absolute atomic E-state index is 13.0. The van der Waals surface area contributed by atoms with Gasteiger partial charge in [0, 0.05) is 18.0 Å². The first-order chi connectivity index (χ1) is 11.6. The molecule has 3 fully saturated rings. The number of hydrogen-bond acceptors (Lipinski definition) is 2. The number of nitrogens with zero attached hydrogens (tertiary/aromatic N) is 1. The Labute approximate surface area is 141 Å². The number of rotatable bonds is 1. The Balaban J connectivity index is 1.53. The van der Waals surface area contributed by atoms with Gasteiger partial charge in [0.05, 0.1) is 0 Å². The number of fused-ring (bicyclic) bond motifs is 3. The minimum Gasteiger partial charge on any atom is -0.376 e. The number of aliphatic hydroxyl groups is 1. The lowest BCUT2D eigenvalue weighted by molar-refractivity contribution is -0.0713. The molecule has 0 aromatic heterocycles. The highest BCUT2D eigenvalue weighted by molar-refractivity contribution is 5.64. The van der Waals surface area contributed by atoms with Gasteiger partial charge in [-0.25, -0.2) is 4.39 Å². The molecule has 0 radical (unpaired) electrons. The summed E-state index contributed by atoms with van der Waals surface area (Å²) in [6, 6.07) is 14.3. The van der Waals surface area contributed by atoms with Gasteiger partial charge in [-0.05, 0) is 61.3 Å². The van der Waals surface area contributed by atoms with E-state index in [-0.39, 0.29) is 5.82 Å². The summed E-state index contributed by atoms with van der Waals surface area (Å²) in [5.74, 6) is 6.34. The quantitative estimate of drug-likeness (QED) is 0.815. The predicted octanol–water partition coefficient (Wildman–Crippen LogP) is 3.30. The largest absolute Gasteiger partial charge is 0.376 e. The Morgan fingerprint density at radius 1 is 0.958 bits per heavy atom. The first kappa shape index (κ1) is 15.4. The molecule has 3 heterocycles. The second-order valence-electron chi connectivity index (χ2n) is 6.81. The van der Waals surface area contributed by atoms with Gasteiger partial charge < -0.3 is 5.11 Å². The second kappa shape index (κ2) is 6.05. The monoisotopic (exact) mass is 321 g/mol. The topological polar surface area (TPSA) is 23.5 Å². The highest BCUT2D eigenvalue weighted by Crippen LogP contribution is 2.35. The van der Waals surface area contributed by atoms with Crippen LogP contribution in [0, 0.1) is 23.6 Å². The molecule has 3 saturated heterocycles. The van der Waals surface area contributed by atoms with Gasteiger partial charge in [-0.3, -0.25) is 4.90 Å². The van der Waals surface area contributed by atoms with E-state index in [2.05, 4.69) is 16.7 Å². The molecule has 2 aromatic carbocycles. The van der Waals surface area contributed by atoms with Crippen LogP contribution in [0.1, 0.15) is 18.4 Å². The fraction of sp³-hybridized carbons (Fsp3) is 0.333. The van der Waals surface area contributed by atoms with Gasteiger partial charge >= 0.3 is 0 Å². The van der Waals surface area contributed by atoms with E-state index in [1.807, 2.05) is 24.3 Å². The highest BCUT2D eigenvalue weighted by Gasteiger charge is 2.44. The van der Waals surface area contributed by atoms with Gasteiger partial charge in [-0.15, -0.1) is 0 Å². The molecule has 0 aliphatic carbocycles. The highest BCUT2D eigenvalue weighted by atomic mass is 19.1. The first-order valence-corrected chi connectivity index (χ1v) is 8.46. The van der Waals surface area contributed by atoms with E-state index in [9.17, 15) is 9.50 Å². The lowest BCUT2D eigenvalue weighted by Crippen LogP contribution is -2.58. The summed E-state index contributed by atoms with van der Waals surface area (Å²) >= 11 is 0. The molecule has 1 atom stereocenters. The fourth-order valence-corrected chi connectivity index (χ4v) is 3.75. The Morgan fingerprint density at radius 3 is 2.08 bits per heavy atom. The van der Waals surface area contributed by atoms with E-state index in [1.54, 1.807) is 12.1 Å². The van der Waals surface area contributed by atoms with Crippen LogP contribution in [-0.2, 0) is 0 Å². The van der Waals surface area contributed by atoms with Crippen LogP contribution in [0.25, 0.3) is 11.1 Å². The number of piperidine rings is 3. The van der Waals surface area contributed by atoms with Crippen molar-refractivity contribution >= 4 is 0 Å². The van der Waals surface area contributed by atoms with Crippen molar-refractivity contribution in [2.45, 2.75) is 18.4 Å². The molecule has 1 N–H and O–H groups in total. The number of benzene rings is 2. The standard InChI is InChI=1S/C21H20FNO/c22-20-7-5-18(6-8-20)17-3-1-16(2-4-17)9-12-21(24)15-23-13-10-19(21)11-14-23/h1-8,19,24H,10-11,13-15H2. The SMILES string of the molecule is OC1(C#Cc2ccc(-c3ccc(F)cc3)cc2)CN2CCC1CC2. The molecule has 122 valence electrons. The molecule has 5 rings (SSSR count). The summed E-state index contributed by atoms with van der Waals surface area (Å²) < 4.78 is 13.0. The van der Waals surface area contributed by atoms with Gasteiger partial charge in [0.15, 0.2) is 0 Å². The minimum absolute atomic E-state index is 0.230. The summed E-state index contributed by atoms with van der Waals surface area (Å²) in [4.78, 5) is 2.30. The third-order valence-corrected chi connectivity index (χ3v) is 5.21. The summed E-state index contributed by atoms with van der Waals surface area (Å²) in [6.07, 6.45) is 2.07. The summed E-state index contributed by atoms with van der Waals surface area (Å²) in [5.41, 5.74) is 2.03. The first-order valence-electron chi connectivity index (χ1n) is 8.46. The van der Waals surface area contributed by atoms with Crippen LogP contribution in [0.4, 0.5) is 4.39 Å². The van der Waals surface area contributed by atoms with Crippen molar-refractivity contribution in [2.24, 2.45) is 5.92 Å². The van der Waals surface area contributed by atoms with Crippen LogP contribution in [0.3, 0.4) is 0 Å². The average molecular weight is 321 g/mol. The van der Waals surface area contributed by atoms with Crippen molar-refractivity contribution in [1.82, 2.24) is 4.90 Å². The van der Waals surface area contributed by atoms with Gasteiger partial charge in [0.25, 0.3) is 0 Å². The zero-order chi connectivity index (χ0) is 16.6. The van der Waals surface area contributed by atoms with E-state index in [1.165, 1.54) is 12.1 Å². The van der Waals surface area contributed by atoms with Crippen molar-refractivity contribution in [3.05, 3.63) is 59.9 Å². The molecule has 3 aliphatic heterocycles. The van der Waals surface area contributed by atoms with E-state index in [0.29, 0.717) is 12.5 Å². The minimum atomic E-state index is -0.869. The van der Waals surface area contributed by atoms with Gasteiger partial charge in [-0.2, -0.15) is 0 Å². The Kier molecular flexibility index (Phi) is 3.88. The molecule has 3 heteroatoms. The lowest BCUT2D eigenvalue weighted by atomic mass is 9.76. The molecule has 0 saturated carbocycles. The van der Waals surface area contributed by atoms with Gasteiger partial charge in [-0.1, -0.05) is 36.1 Å². The van der Waals surface area contributed by atoms with Crippen molar-refractivity contribution in [3.8, 4) is 23.0 Å². The maximum atomic E-state index is 13.0. The van der Waals surface area contributed by atoms with Crippen LogP contribution < -0.4 is 0 Å². The smallest absolute Gasteiger partial charge is 0.141 e. The number of hydrogen-bond donors (Lipinski definition) is 1. The maximum Gasteiger partial charge on any atom is 0.141 e. The lowest BCUT2D eigenvalue weighted by Gasteiger charge is -2.47. The van der Waals surface area contributed by atoms with Crippen molar-refractivity contribution < 1.29 is 9.50 Å². The Morgan fingerprint density at radius 2 is 1.54 bits per heavy atom. The van der Waals surface area contributed by atoms with E-state index < -0.39 is 5.60 Å². The molecule has 0 spiro atoms. The molecule has 3 aliphatic rings. The number of halogens is 1. The Bertz CT molecular complexity index is 779. The zero-order valence-electron chi connectivity index (χ0n) is 13.5. The molecule has 1 unspecified atom stereocenters. The second-order valence-corrected chi connectivity index (χ2v) is 6.81. The molecular weight excluding hydrogens is 301 g/mol. The molecule has 2 nitrogen and oxygen atoms in total. The molecule has 2 aromatic rings. The third-order valence-electron chi connectivity index (χ3n) is 5.21. The van der Waals surface area contributed by atoms with Crippen LogP contribution in [0.5, 0.6) is 0 Å². The molecule has 24 heavy (non-hydrogen) atoms. The third kappa shape index (κ3) is 2.96. The Hall–Kier alpha value is -2.15. The fourth-order valence-electron chi connectivity index (χ4n) is 3.75. The molecule has 0 amide bonds. The summed E-state index contributed by atoms with van der Waals surface area (Å²) in [5, 5.41) is 10.8. The van der Waals surface area contributed by atoms with Gasteiger partial charge in [0.2, 0.25) is 0 Å². The zero-order valence-corrected chi connectivity index (χ0v) is 13.5. The van der Waals surface area contributed by atoms with Gasteiger partial charge in [0.1, 0.15) is 11.4 Å². The average Bonchev–Trinajstić information content (AvgIpc) is 2.62. The van der Waals surface area contributed by atoms with Crippen LogP contribution in [-0.4, -0.2) is 35.2 Å². The normalized spacial score (nSPS) is 28.2. The summed E-state index contributed by atoms with van der Waals surface area (Å²) in [6.45, 7) is 2.83. The van der Waals surface area contributed by atoms with Crippen LogP contribution in [0.2, 0.25) is 0 Å². The van der Waals surface area contributed by atoms with Crippen molar-refractivity contribution in [2.75, 3.05) is 19.6 Å². The molecule has 2 bridgehead atoms. The van der Waals surface area contributed by atoms with E-state index in [0.717, 1.165) is 42.6 Å². The van der Waals surface area contributed by atoms with Crippen molar-refractivity contribution in [3.63, 3.8) is 0 Å². The van der Waals surface area contributed by atoms with Crippen LogP contribution >= 0.6 is 0 Å². The van der Waals surface area contributed by atoms with E-state index in [4.69, 9.17) is 0 Å².